The van der Waals surface area contributed by atoms with E-state index in [9.17, 15) is 4.79 Å². The van der Waals surface area contributed by atoms with Gasteiger partial charge in [0.05, 0.1) is 0 Å². The minimum Gasteiger partial charge on any atom is -0.295 e. The molecule has 0 amide bonds. The minimum atomic E-state index is 0.0931. The second-order valence-electron chi connectivity index (χ2n) is 6.07. The van der Waals surface area contributed by atoms with E-state index in [0.29, 0.717) is 0 Å². The number of ketones is 1. The Hall–Kier alpha value is -2.93. The molecular formula is C24H22O. The van der Waals surface area contributed by atoms with Crippen LogP contribution in [0.3, 0.4) is 0 Å². The number of carbonyl (C=O) groups excluding carboxylic acids is 1. The molecule has 0 heterocycles. The largest absolute Gasteiger partial charge is 0.295 e. The summed E-state index contributed by atoms with van der Waals surface area (Å²) in [6.07, 6.45) is 0.933. The third kappa shape index (κ3) is 3.77. The number of rotatable bonds is 5. The van der Waals surface area contributed by atoms with Crippen molar-refractivity contribution in [2.75, 3.05) is 0 Å². The van der Waals surface area contributed by atoms with Crippen molar-refractivity contribution >= 4 is 16.9 Å². The molecule has 1 nitrogen and oxygen atoms in total. The van der Waals surface area contributed by atoms with E-state index in [2.05, 4.69) is 67.6 Å². The first-order valence-electron chi connectivity index (χ1n) is 8.66. The molecule has 0 aliphatic rings. The van der Waals surface area contributed by atoms with Gasteiger partial charge in [0.1, 0.15) is 0 Å². The number of carbonyl (C=O) groups is 1. The Labute approximate surface area is 149 Å². The zero-order chi connectivity index (χ0) is 17.6. The van der Waals surface area contributed by atoms with Crippen LogP contribution in [0, 0.1) is 0 Å². The maximum absolute atomic E-state index is 11.6. The van der Waals surface area contributed by atoms with Crippen LogP contribution in [0.25, 0.3) is 11.1 Å². The number of benzene rings is 3. The Kier molecular flexibility index (Phi) is 5.25. The van der Waals surface area contributed by atoms with E-state index in [1.54, 1.807) is 6.92 Å². The SMILES string of the molecule is CC/C(=C(\c1ccccc1)c1ccc(C(C)=O)cc1)c1ccccc1. The molecule has 0 saturated heterocycles. The molecule has 124 valence electrons. The number of hydrogen-bond donors (Lipinski definition) is 0. The second-order valence-corrected chi connectivity index (χ2v) is 6.07. The van der Waals surface area contributed by atoms with E-state index in [1.165, 1.54) is 22.3 Å². The molecule has 0 aliphatic heterocycles. The summed E-state index contributed by atoms with van der Waals surface area (Å²) < 4.78 is 0. The lowest BCUT2D eigenvalue weighted by molar-refractivity contribution is 0.101. The quantitative estimate of drug-likeness (QED) is 0.399. The van der Waals surface area contributed by atoms with Crippen LogP contribution in [0.1, 0.15) is 47.3 Å². The van der Waals surface area contributed by atoms with E-state index in [-0.39, 0.29) is 5.78 Å². The molecule has 3 aromatic carbocycles. The van der Waals surface area contributed by atoms with Crippen LogP contribution in [-0.4, -0.2) is 5.78 Å². The van der Waals surface area contributed by atoms with Crippen LogP contribution >= 0.6 is 0 Å². The van der Waals surface area contributed by atoms with Gasteiger partial charge in [-0.1, -0.05) is 91.9 Å². The average molecular weight is 326 g/mol. The summed E-state index contributed by atoms with van der Waals surface area (Å²) in [6.45, 7) is 3.79. The molecule has 0 aliphatic carbocycles. The molecule has 3 rings (SSSR count). The number of hydrogen-bond acceptors (Lipinski definition) is 1. The zero-order valence-electron chi connectivity index (χ0n) is 14.7. The third-order valence-corrected chi connectivity index (χ3v) is 4.42. The normalized spacial score (nSPS) is 11.8. The first-order valence-corrected chi connectivity index (χ1v) is 8.66. The molecule has 0 N–H and O–H groups in total. The summed E-state index contributed by atoms with van der Waals surface area (Å²) in [5.41, 5.74) is 6.84. The molecule has 0 atom stereocenters. The first kappa shape index (κ1) is 16.9. The van der Waals surface area contributed by atoms with Crippen LogP contribution in [0.2, 0.25) is 0 Å². The summed E-state index contributed by atoms with van der Waals surface area (Å²) >= 11 is 0. The van der Waals surface area contributed by atoms with E-state index in [0.717, 1.165) is 17.5 Å². The molecule has 25 heavy (non-hydrogen) atoms. The third-order valence-electron chi connectivity index (χ3n) is 4.42. The van der Waals surface area contributed by atoms with Gasteiger partial charge in [0.25, 0.3) is 0 Å². The molecule has 0 spiro atoms. The van der Waals surface area contributed by atoms with Crippen molar-refractivity contribution in [1.82, 2.24) is 0 Å². The second kappa shape index (κ2) is 7.76. The minimum absolute atomic E-state index is 0.0931. The number of allylic oxidation sites excluding steroid dienone is 1. The Morgan fingerprint density at radius 1 is 0.640 bits per heavy atom. The Morgan fingerprint density at radius 3 is 1.56 bits per heavy atom. The van der Waals surface area contributed by atoms with Gasteiger partial charge in [0.15, 0.2) is 5.78 Å². The summed E-state index contributed by atoms with van der Waals surface area (Å²) in [4.78, 5) is 11.6. The smallest absolute Gasteiger partial charge is 0.159 e. The van der Waals surface area contributed by atoms with Crippen LogP contribution in [-0.2, 0) is 0 Å². The highest BCUT2D eigenvalue weighted by Crippen LogP contribution is 2.34. The van der Waals surface area contributed by atoms with Gasteiger partial charge in [-0.3, -0.25) is 4.79 Å². The summed E-state index contributed by atoms with van der Waals surface area (Å²) in [6, 6.07) is 28.9. The highest BCUT2D eigenvalue weighted by atomic mass is 16.1. The van der Waals surface area contributed by atoms with Gasteiger partial charge >= 0.3 is 0 Å². The fraction of sp³-hybridized carbons (Fsp3) is 0.125. The summed E-state index contributed by atoms with van der Waals surface area (Å²) in [5.74, 6) is 0.0931. The van der Waals surface area contributed by atoms with Gasteiger partial charge in [-0.15, -0.1) is 0 Å². The zero-order valence-corrected chi connectivity index (χ0v) is 14.7. The van der Waals surface area contributed by atoms with Crippen LogP contribution in [0.15, 0.2) is 84.9 Å². The van der Waals surface area contributed by atoms with E-state index in [4.69, 9.17) is 0 Å². The lowest BCUT2D eigenvalue weighted by Crippen LogP contribution is -1.97. The van der Waals surface area contributed by atoms with E-state index in [1.807, 2.05) is 24.3 Å². The summed E-state index contributed by atoms with van der Waals surface area (Å²) in [7, 11) is 0. The predicted molar refractivity (Wildman–Crippen MR) is 106 cm³/mol. The highest BCUT2D eigenvalue weighted by Gasteiger charge is 2.13. The molecule has 0 bridgehead atoms. The van der Waals surface area contributed by atoms with Crippen molar-refractivity contribution in [3.05, 3.63) is 107 Å². The number of Topliss-reactive ketones (excluding diaryl/α,β-unsaturated/α-hetero) is 1. The maximum Gasteiger partial charge on any atom is 0.159 e. The van der Waals surface area contributed by atoms with Crippen LogP contribution in [0.4, 0.5) is 0 Å². The topological polar surface area (TPSA) is 17.1 Å². The van der Waals surface area contributed by atoms with Gasteiger partial charge < -0.3 is 0 Å². The van der Waals surface area contributed by atoms with E-state index < -0.39 is 0 Å². The van der Waals surface area contributed by atoms with Crippen molar-refractivity contribution in [3.63, 3.8) is 0 Å². The summed E-state index contributed by atoms with van der Waals surface area (Å²) in [5, 5.41) is 0. The molecule has 0 radical (unpaired) electrons. The molecule has 0 fully saturated rings. The van der Waals surface area contributed by atoms with Crippen molar-refractivity contribution in [1.29, 1.82) is 0 Å². The molecule has 0 saturated carbocycles. The fourth-order valence-corrected chi connectivity index (χ4v) is 3.16. The van der Waals surface area contributed by atoms with E-state index >= 15 is 0 Å². The molecule has 1 heteroatoms. The lowest BCUT2D eigenvalue weighted by atomic mass is 9.88. The van der Waals surface area contributed by atoms with Gasteiger partial charge in [-0.05, 0) is 41.2 Å². The Bertz CT molecular complexity index is 872. The molecule has 0 aromatic heterocycles. The standard InChI is InChI=1S/C24H22O/c1-3-23(20-10-6-4-7-11-20)24(21-12-8-5-9-13-21)22-16-14-19(15-17-22)18(2)25/h4-17H,3H2,1-2H3/b24-23-. The maximum atomic E-state index is 11.6. The first-order chi connectivity index (χ1) is 12.2. The van der Waals surface area contributed by atoms with Gasteiger partial charge in [-0.25, -0.2) is 0 Å². The van der Waals surface area contributed by atoms with Gasteiger partial charge in [-0.2, -0.15) is 0 Å². The van der Waals surface area contributed by atoms with Crippen LogP contribution < -0.4 is 0 Å². The fourth-order valence-electron chi connectivity index (χ4n) is 3.16. The van der Waals surface area contributed by atoms with Crippen molar-refractivity contribution in [3.8, 4) is 0 Å². The Balaban J connectivity index is 2.23. The van der Waals surface area contributed by atoms with Gasteiger partial charge in [0, 0.05) is 5.56 Å². The van der Waals surface area contributed by atoms with Crippen molar-refractivity contribution in [2.24, 2.45) is 0 Å². The monoisotopic (exact) mass is 326 g/mol. The lowest BCUT2D eigenvalue weighted by Gasteiger charge is -2.16. The highest BCUT2D eigenvalue weighted by molar-refractivity contribution is 5.99. The van der Waals surface area contributed by atoms with Crippen LogP contribution in [0.5, 0.6) is 0 Å². The Morgan fingerprint density at radius 2 is 1.08 bits per heavy atom. The molecule has 0 unspecified atom stereocenters. The predicted octanol–water partition coefficient (Wildman–Crippen LogP) is 6.26. The average Bonchev–Trinajstić information content (AvgIpc) is 2.67. The molecular weight excluding hydrogens is 304 g/mol. The van der Waals surface area contributed by atoms with Crippen molar-refractivity contribution < 1.29 is 4.79 Å². The van der Waals surface area contributed by atoms with Crippen molar-refractivity contribution in [2.45, 2.75) is 20.3 Å². The molecule has 3 aromatic rings. The van der Waals surface area contributed by atoms with Gasteiger partial charge in [0.2, 0.25) is 0 Å².